The van der Waals surface area contributed by atoms with Crippen molar-refractivity contribution in [3.8, 4) is 0 Å². The number of para-hydroxylation sites is 1. The van der Waals surface area contributed by atoms with Gasteiger partial charge in [0.15, 0.2) is 0 Å². The Bertz CT molecular complexity index is 437. The van der Waals surface area contributed by atoms with Crippen LogP contribution in [0, 0.1) is 0 Å². The molecule has 0 bridgehead atoms. The molecule has 0 aromatic heterocycles. The predicted molar refractivity (Wildman–Crippen MR) is 85.4 cm³/mol. The minimum atomic E-state index is 0.0173. The van der Waals surface area contributed by atoms with Crippen molar-refractivity contribution < 1.29 is 4.79 Å². The van der Waals surface area contributed by atoms with Crippen LogP contribution < -0.4 is 15.5 Å². The Kier molecular flexibility index (Phi) is 7.41. The summed E-state index contributed by atoms with van der Waals surface area (Å²) in [6.07, 6.45) is 0. The second-order valence-electron chi connectivity index (χ2n) is 4.50. The third-order valence-corrected chi connectivity index (χ3v) is 3.35. The van der Waals surface area contributed by atoms with Gasteiger partial charge in [-0.05, 0) is 32.0 Å². The summed E-state index contributed by atoms with van der Waals surface area (Å²) in [6, 6.07) is 5.86. The molecule has 0 spiro atoms. The SMILES string of the molecule is CCNCc1cccc(Cl)c1N(CC)CC(=O)NCC. The number of anilines is 1. The number of halogens is 1. The van der Waals surface area contributed by atoms with Crippen molar-refractivity contribution in [1.82, 2.24) is 10.6 Å². The maximum Gasteiger partial charge on any atom is 0.239 e. The zero-order valence-electron chi connectivity index (χ0n) is 12.5. The molecule has 4 nitrogen and oxygen atoms in total. The highest BCUT2D eigenvalue weighted by atomic mass is 35.5. The van der Waals surface area contributed by atoms with E-state index in [0.717, 1.165) is 30.9 Å². The molecule has 0 aliphatic heterocycles. The summed E-state index contributed by atoms with van der Waals surface area (Å²) < 4.78 is 0. The molecule has 1 amide bonds. The van der Waals surface area contributed by atoms with Crippen LogP contribution >= 0.6 is 11.6 Å². The Morgan fingerprint density at radius 1 is 1.25 bits per heavy atom. The first-order chi connectivity index (χ1) is 9.63. The van der Waals surface area contributed by atoms with E-state index in [9.17, 15) is 4.79 Å². The maximum absolute atomic E-state index is 11.8. The predicted octanol–water partition coefficient (Wildman–Crippen LogP) is 2.41. The number of hydrogen-bond donors (Lipinski definition) is 2. The Hall–Kier alpha value is -1.26. The topological polar surface area (TPSA) is 44.4 Å². The lowest BCUT2D eigenvalue weighted by Gasteiger charge is -2.26. The molecule has 20 heavy (non-hydrogen) atoms. The molecule has 0 saturated carbocycles. The van der Waals surface area contributed by atoms with E-state index >= 15 is 0 Å². The number of carbonyl (C=O) groups excluding carboxylic acids is 1. The van der Waals surface area contributed by atoms with Gasteiger partial charge in [0.05, 0.1) is 17.3 Å². The number of carbonyl (C=O) groups is 1. The van der Waals surface area contributed by atoms with Crippen LogP contribution in [0.2, 0.25) is 5.02 Å². The van der Waals surface area contributed by atoms with Gasteiger partial charge in [-0.2, -0.15) is 0 Å². The number of nitrogens with one attached hydrogen (secondary N) is 2. The fourth-order valence-electron chi connectivity index (χ4n) is 2.09. The Balaban J connectivity index is 2.97. The minimum Gasteiger partial charge on any atom is -0.361 e. The third-order valence-electron chi connectivity index (χ3n) is 3.04. The van der Waals surface area contributed by atoms with Gasteiger partial charge >= 0.3 is 0 Å². The number of benzene rings is 1. The summed E-state index contributed by atoms with van der Waals surface area (Å²) in [4.78, 5) is 13.8. The summed E-state index contributed by atoms with van der Waals surface area (Å²) >= 11 is 6.34. The quantitative estimate of drug-likeness (QED) is 0.774. The van der Waals surface area contributed by atoms with Crippen molar-refractivity contribution in [2.24, 2.45) is 0 Å². The lowest BCUT2D eigenvalue weighted by Crippen LogP contribution is -2.37. The molecule has 1 rings (SSSR count). The van der Waals surface area contributed by atoms with E-state index in [1.165, 1.54) is 0 Å². The van der Waals surface area contributed by atoms with Gasteiger partial charge in [-0.25, -0.2) is 0 Å². The molecular weight excluding hydrogens is 274 g/mol. The fraction of sp³-hybridized carbons (Fsp3) is 0.533. The summed E-state index contributed by atoms with van der Waals surface area (Å²) in [6.45, 7) is 9.36. The van der Waals surface area contributed by atoms with Crippen molar-refractivity contribution in [2.45, 2.75) is 27.3 Å². The molecule has 112 valence electrons. The van der Waals surface area contributed by atoms with Gasteiger partial charge in [0.1, 0.15) is 0 Å². The van der Waals surface area contributed by atoms with Crippen LogP contribution in [0.4, 0.5) is 5.69 Å². The van der Waals surface area contributed by atoms with E-state index in [1.807, 2.05) is 36.9 Å². The van der Waals surface area contributed by atoms with E-state index in [4.69, 9.17) is 11.6 Å². The first-order valence-corrected chi connectivity index (χ1v) is 7.51. The van der Waals surface area contributed by atoms with Gasteiger partial charge in [0, 0.05) is 19.6 Å². The highest BCUT2D eigenvalue weighted by Crippen LogP contribution is 2.29. The van der Waals surface area contributed by atoms with Gasteiger partial charge in [0.2, 0.25) is 5.91 Å². The van der Waals surface area contributed by atoms with Crippen LogP contribution in [-0.2, 0) is 11.3 Å². The molecule has 1 aromatic carbocycles. The molecule has 0 fully saturated rings. The lowest BCUT2D eigenvalue weighted by molar-refractivity contribution is -0.119. The van der Waals surface area contributed by atoms with Gasteiger partial charge < -0.3 is 15.5 Å². The fourth-order valence-corrected chi connectivity index (χ4v) is 2.41. The van der Waals surface area contributed by atoms with Crippen LogP contribution in [0.25, 0.3) is 0 Å². The average molecular weight is 298 g/mol. The molecule has 0 unspecified atom stereocenters. The van der Waals surface area contributed by atoms with Crippen LogP contribution in [0.15, 0.2) is 18.2 Å². The van der Waals surface area contributed by atoms with Crippen LogP contribution in [-0.4, -0.2) is 32.1 Å². The third kappa shape index (κ3) is 4.69. The minimum absolute atomic E-state index is 0.0173. The van der Waals surface area contributed by atoms with Crippen molar-refractivity contribution in [1.29, 1.82) is 0 Å². The standard InChI is InChI=1S/C15H24ClN3O/c1-4-17-10-12-8-7-9-13(16)15(12)19(6-3)11-14(20)18-5-2/h7-9,17H,4-6,10-11H2,1-3H3,(H,18,20). The zero-order valence-corrected chi connectivity index (χ0v) is 13.3. The molecule has 5 heteroatoms. The summed E-state index contributed by atoms with van der Waals surface area (Å²) in [5.74, 6) is 0.0173. The molecule has 0 saturated heterocycles. The van der Waals surface area contributed by atoms with Gasteiger partial charge in [-0.15, -0.1) is 0 Å². The van der Waals surface area contributed by atoms with Crippen molar-refractivity contribution in [3.63, 3.8) is 0 Å². The molecule has 0 heterocycles. The van der Waals surface area contributed by atoms with Crippen LogP contribution in [0.1, 0.15) is 26.3 Å². The number of nitrogens with zero attached hydrogens (tertiary/aromatic N) is 1. The molecular formula is C15H24ClN3O. The molecule has 0 aliphatic rings. The molecule has 2 N–H and O–H groups in total. The van der Waals surface area contributed by atoms with Crippen molar-refractivity contribution in [3.05, 3.63) is 28.8 Å². The van der Waals surface area contributed by atoms with Crippen molar-refractivity contribution >= 4 is 23.2 Å². The first-order valence-electron chi connectivity index (χ1n) is 7.13. The summed E-state index contributed by atoms with van der Waals surface area (Å²) in [5, 5.41) is 6.81. The second kappa shape index (κ2) is 8.82. The molecule has 0 aliphatic carbocycles. The normalized spacial score (nSPS) is 10.4. The first kappa shape index (κ1) is 16.8. The summed E-state index contributed by atoms with van der Waals surface area (Å²) in [7, 11) is 0. The number of likely N-dealkylation sites (N-methyl/N-ethyl adjacent to an activating group) is 2. The van der Waals surface area contributed by atoms with E-state index in [0.29, 0.717) is 18.1 Å². The highest BCUT2D eigenvalue weighted by Gasteiger charge is 2.16. The van der Waals surface area contributed by atoms with Crippen molar-refractivity contribution in [2.75, 3.05) is 31.1 Å². The smallest absolute Gasteiger partial charge is 0.239 e. The van der Waals surface area contributed by atoms with Gasteiger partial charge in [-0.1, -0.05) is 30.7 Å². The Morgan fingerprint density at radius 2 is 2.00 bits per heavy atom. The van der Waals surface area contributed by atoms with Crippen LogP contribution in [0.3, 0.4) is 0 Å². The van der Waals surface area contributed by atoms with E-state index < -0.39 is 0 Å². The van der Waals surface area contributed by atoms with Gasteiger partial charge in [-0.3, -0.25) is 4.79 Å². The largest absolute Gasteiger partial charge is 0.361 e. The highest BCUT2D eigenvalue weighted by molar-refractivity contribution is 6.33. The number of rotatable bonds is 8. The zero-order chi connectivity index (χ0) is 15.0. The summed E-state index contributed by atoms with van der Waals surface area (Å²) in [5.41, 5.74) is 2.06. The average Bonchev–Trinajstić information content (AvgIpc) is 2.43. The number of amides is 1. The Morgan fingerprint density at radius 3 is 2.60 bits per heavy atom. The van der Waals surface area contributed by atoms with E-state index in [1.54, 1.807) is 0 Å². The maximum atomic E-state index is 11.8. The lowest BCUT2D eigenvalue weighted by atomic mass is 10.1. The molecule has 0 atom stereocenters. The van der Waals surface area contributed by atoms with Crippen LogP contribution in [0.5, 0.6) is 0 Å². The Labute approximate surface area is 126 Å². The van der Waals surface area contributed by atoms with Gasteiger partial charge in [0.25, 0.3) is 0 Å². The van der Waals surface area contributed by atoms with E-state index in [2.05, 4.69) is 17.6 Å². The molecule has 0 radical (unpaired) electrons. The monoisotopic (exact) mass is 297 g/mol. The van der Waals surface area contributed by atoms with E-state index in [-0.39, 0.29) is 5.91 Å². The molecule has 1 aromatic rings. The number of hydrogen-bond acceptors (Lipinski definition) is 3. The second-order valence-corrected chi connectivity index (χ2v) is 4.90.